The number of benzene rings is 1. The van der Waals surface area contributed by atoms with Gasteiger partial charge in [-0.3, -0.25) is 14.8 Å². The molecule has 0 radical (unpaired) electrons. The first-order chi connectivity index (χ1) is 9.83. The Balaban J connectivity index is 2.02. The first-order valence-electron chi connectivity index (χ1n) is 5.71. The number of anilines is 2. The van der Waals surface area contributed by atoms with E-state index in [1.54, 1.807) is 12.1 Å². The third kappa shape index (κ3) is 4.47. The molecular weight excluding hydrogens is 300 g/mol. The Morgan fingerprint density at radius 1 is 1.24 bits per heavy atom. The van der Waals surface area contributed by atoms with Crippen molar-refractivity contribution < 1.29 is 17.8 Å². The lowest BCUT2D eigenvalue weighted by molar-refractivity contribution is -0.402. The van der Waals surface area contributed by atoms with Crippen LogP contribution in [0.1, 0.15) is 5.76 Å². The summed E-state index contributed by atoms with van der Waals surface area (Å²) in [6, 6.07) is 9.13. The van der Waals surface area contributed by atoms with E-state index in [0.29, 0.717) is 17.1 Å². The second-order valence-corrected chi connectivity index (χ2v) is 5.37. The number of nitro groups is 1. The first kappa shape index (κ1) is 14.8. The van der Waals surface area contributed by atoms with Crippen LogP contribution in [0.4, 0.5) is 17.3 Å². The average Bonchev–Trinajstić information content (AvgIpc) is 2.83. The quantitative estimate of drug-likeness (QED) is 0.544. The van der Waals surface area contributed by atoms with Crippen LogP contribution in [0.2, 0.25) is 0 Å². The molecule has 2 aromatic rings. The Labute approximate surface area is 120 Å². The van der Waals surface area contributed by atoms with Crippen LogP contribution < -0.4 is 15.2 Å². The summed E-state index contributed by atoms with van der Waals surface area (Å²) in [4.78, 5) is 9.86. The molecule has 9 nitrogen and oxygen atoms in total. The molecule has 4 N–H and O–H groups in total. The number of nitrogens with one attached hydrogen (secondary N) is 2. The zero-order valence-electron chi connectivity index (χ0n) is 10.6. The maximum atomic E-state index is 10.9. The molecule has 0 unspecified atom stereocenters. The fourth-order valence-electron chi connectivity index (χ4n) is 1.61. The summed E-state index contributed by atoms with van der Waals surface area (Å²) in [6.45, 7) is 0.215. The molecule has 2 rings (SSSR count). The highest BCUT2D eigenvalue weighted by atomic mass is 32.2. The van der Waals surface area contributed by atoms with Crippen LogP contribution in [0, 0.1) is 10.1 Å². The lowest BCUT2D eigenvalue weighted by atomic mass is 10.3. The second-order valence-electron chi connectivity index (χ2n) is 4.08. The van der Waals surface area contributed by atoms with Gasteiger partial charge in [0.25, 0.3) is 10.2 Å². The highest BCUT2D eigenvalue weighted by molar-refractivity contribution is 7.90. The molecule has 0 amide bonds. The van der Waals surface area contributed by atoms with E-state index in [9.17, 15) is 18.5 Å². The lowest BCUT2D eigenvalue weighted by Gasteiger charge is -2.07. The lowest BCUT2D eigenvalue weighted by Crippen LogP contribution is -2.21. The Kier molecular flexibility index (Phi) is 4.10. The third-order valence-electron chi connectivity index (χ3n) is 2.42. The third-order valence-corrected chi connectivity index (χ3v) is 2.94. The second kappa shape index (κ2) is 5.81. The van der Waals surface area contributed by atoms with Crippen LogP contribution in [0.5, 0.6) is 0 Å². The van der Waals surface area contributed by atoms with Crippen LogP contribution in [-0.4, -0.2) is 13.3 Å². The van der Waals surface area contributed by atoms with E-state index in [1.165, 1.54) is 24.3 Å². The summed E-state index contributed by atoms with van der Waals surface area (Å²) in [6.07, 6.45) is 0. The van der Waals surface area contributed by atoms with Gasteiger partial charge in [-0.15, -0.1) is 0 Å². The van der Waals surface area contributed by atoms with E-state index in [2.05, 4.69) is 10.0 Å². The predicted molar refractivity (Wildman–Crippen MR) is 75.9 cm³/mol. The van der Waals surface area contributed by atoms with Gasteiger partial charge in [-0.05, 0) is 24.3 Å². The number of nitrogens with two attached hydrogens (primary N) is 1. The number of hydrogen-bond donors (Lipinski definition) is 3. The van der Waals surface area contributed by atoms with Gasteiger partial charge in [0, 0.05) is 5.69 Å². The maximum absolute atomic E-state index is 10.9. The zero-order chi connectivity index (χ0) is 15.5. The van der Waals surface area contributed by atoms with Crippen molar-refractivity contribution in [2.75, 3.05) is 10.0 Å². The van der Waals surface area contributed by atoms with Crippen molar-refractivity contribution in [3.05, 3.63) is 52.3 Å². The minimum atomic E-state index is -3.84. The molecule has 112 valence electrons. The summed E-state index contributed by atoms with van der Waals surface area (Å²) in [5.74, 6) is 0.0444. The number of hydrogen-bond acceptors (Lipinski definition) is 6. The van der Waals surface area contributed by atoms with Gasteiger partial charge < -0.3 is 9.73 Å². The van der Waals surface area contributed by atoms with Crippen LogP contribution in [-0.2, 0) is 16.8 Å². The Morgan fingerprint density at radius 3 is 2.57 bits per heavy atom. The molecule has 1 heterocycles. The SMILES string of the molecule is NS(=O)(=O)Nc1cccc(NCc2ccc([N+](=O)[O-])o2)c1. The largest absolute Gasteiger partial charge is 0.433 e. The van der Waals surface area contributed by atoms with Gasteiger partial charge in [-0.25, -0.2) is 5.14 Å². The van der Waals surface area contributed by atoms with E-state index >= 15 is 0 Å². The monoisotopic (exact) mass is 312 g/mol. The van der Waals surface area contributed by atoms with E-state index in [-0.39, 0.29) is 12.4 Å². The van der Waals surface area contributed by atoms with Crippen molar-refractivity contribution in [2.24, 2.45) is 5.14 Å². The normalized spacial score (nSPS) is 11.1. The van der Waals surface area contributed by atoms with Crippen LogP contribution >= 0.6 is 0 Å². The number of nitrogens with zero attached hydrogens (tertiary/aromatic N) is 1. The zero-order valence-corrected chi connectivity index (χ0v) is 11.5. The smallest absolute Gasteiger partial charge is 0.404 e. The van der Waals surface area contributed by atoms with Crippen LogP contribution in [0.25, 0.3) is 0 Å². The molecule has 0 atom stereocenters. The maximum Gasteiger partial charge on any atom is 0.433 e. The summed E-state index contributed by atoms with van der Waals surface area (Å²) in [7, 11) is -3.84. The molecule has 0 aliphatic rings. The van der Waals surface area contributed by atoms with Crippen LogP contribution in [0.3, 0.4) is 0 Å². The Morgan fingerprint density at radius 2 is 1.95 bits per heavy atom. The van der Waals surface area contributed by atoms with E-state index in [4.69, 9.17) is 9.56 Å². The molecule has 1 aromatic carbocycles. The van der Waals surface area contributed by atoms with Gasteiger partial charge in [-0.1, -0.05) is 6.07 Å². The van der Waals surface area contributed by atoms with Crippen molar-refractivity contribution >= 4 is 27.5 Å². The van der Waals surface area contributed by atoms with Crippen LogP contribution in [0.15, 0.2) is 40.8 Å². The van der Waals surface area contributed by atoms with Gasteiger partial charge in [0.2, 0.25) is 0 Å². The van der Waals surface area contributed by atoms with E-state index in [1.807, 2.05) is 0 Å². The van der Waals surface area contributed by atoms with Gasteiger partial charge in [-0.2, -0.15) is 8.42 Å². The van der Waals surface area contributed by atoms with Crippen molar-refractivity contribution in [3.8, 4) is 0 Å². The van der Waals surface area contributed by atoms with Crippen molar-refractivity contribution in [1.82, 2.24) is 0 Å². The summed E-state index contributed by atoms with van der Waals surface area (Å²) in [5, 5.41) is 18.3. The van der Waals surface area contributed by atoms with E-state index < -0.39 is 15.1 Å². The molecule has 0 aliphatic heterocycles. The summed E-state index contributed by atoms with van der Waals surface area (Å²) in [5.41, 5.74) is 0.899. The van der Waals surface area contributed by atoms with Gasteiger partial charge >= 0.3 is 5.88 Å². The first-order valence-corrected chi connectivity index (χ1v) is 7.26. The molecule has 0 aliphatic carbocycles. The molecular formula is C11H12N4O5S. The molecule has 0 spiro atoms. The molecule has 0 saturated heterocycles. The minimum absolute atomic E-state index is 0.215. The fourth-order valence-corrected chi connectivity index (χ4v) is 2.06. The highest BCUT2D eigenvalue weighted by Crippen LogP contribution is 2.19. The molecule has 10 heteroatoms. The van der Waals surface area contributed by atoms with Crippen molar-refractivity contribution in [3.63, 3.8) is 0 Å². The highest BCUT2D eigenvalue weighted by Gasteiger charge is 2.11. The fraction of sp³-hybridized carbons (Fsp3) is 0.0909. The number of furan rings is 1. The topological polar surface area (TPSA) is 140 Å². The van der Waals surface area contributed by atoms with Crippen molar-refractivity contribution in [2.45, 2.75) is 6.54 Å². The Hall–Kier alpha value is -2.59. The Bertz CT molecular complexity index is 755. The van der Waals surface area contributed by atoms with Gasteiger partial charge in [0.15, 0.2) is 0 Å². The standard InChI is InChI=1S/C11H12N4O5S/c12-21(18,19)14-9-3-1-2-8(6-9)13-7-10-4-5-11(20-10)15(16)17/h1-6,13-14H,7H2,(H2,12,18,19). The number of rotatable bonds is 6. The molecule has 0 fully saturated rings. The van der Waals surface area contributed by atoms with Crippen molar-refractivity contribution in [1.29, 1.82) is 0 Å². The average molecular weight is 312 g/mol. The molecule has 0 saturated carbocycles. The molecule has 21 heavy (non-hydrogen) atoms. The summed E-state index contributed by atoms with van der Waals surface area (Å²) >= 11 is 0. The van der Waals surface area contributed by atoms with E-state index in [0.717, 1.165) is 0 Å². The van der Waals surface area contributed by atoms with Gasteiger partial charge in [0.1, 0.15) is 10.7 Å². The molecule has 1 aromatic heterocycles. The van der Waals surface area contributed by atoms with Gasteiger partial charge in [0.05, 0.1) is 18.3 Å². The minimum Gasteiger partial charge on any atom is -0.404 e. The summed E-state index contributed by atoms with van der Waals surface area (Å²) < 4.78 is 29.0. The molecule has 0 bridgehead atoms. The predicted octanol–water partition coefficient (Wildman–Crippen LogP) is 1.42.